The Morgan fingerprint density at radius 2 is 1.84 bits per heavy atom. The van der Waals surface area contributed by atoms with Gasteiger partial charge in [-0.25, -0.2) is 9.38 Å². The van der Waals surface area contributed by atoms with Crippen molar-refractivity contribution in [1.82, 2.24) is 5.32 Å². The van der Waals surface area contributed by atoms with Gasteiger partial charge < -0.3 is 10.1 Å². The third kappa shape index (κ3) is 4.42. The second kappa shape index (κ2) is 7.43. The van der Waals surface area contributed by atoms with E-state index in [9.17, 15) is 18.0 Å². The molecule has 25 heavy (non-hydrogen) atoms. The number of benzene rings is 2. The van der Waals surface area contributed by atoms with Crippen molar-refractivity contribution in [2.24, 2.45) is 4.99 Å². The number of halogens is 3. The van der Waals surface area contributed by atoms with E-state index in [2.05, 4.69) is 15.0 Å². The molecule has 2 aromatic rings. The van der Waals surface area contributed by atoms with Crippen molar-refractivity contribution in [3.05, 3.63) is 64.8 Å². The minimum Gasteiger partial charge on any atom is -0.434 e. The molecule has 1 saturated heterocycles. The summed E-state index contributed by atoms with van der Waals surface area (Å²) in [4.78, 5) is 16.5. The molecule has 0 unspecified atom stereocenters. The first-order chi connectivity index (χ1) is 12.0. The van der Waals surface area contributed by atoms with Gasteiger partial charge in [-0.3, -0.25) is 4.79 Å². The fraction of sp³-hybridized carbons (Fsp3) is 0.0588. The summed E-state index contributed by atoms with van der Waals surface area (Å²) < 4.78 is 42.2. The summed E-state index contributed by atoms with van der Waals surface area (Å²) in [7, 11) is 0. The first-order valence-corrected chi connectivity index (χ1v) is 7.92. The lowest BCUT2D eigenvalue weighted by atomic mass is 10.2. The van der Waals surface area contributed by atoms with Crippen molar-refractivity contribution in [3.63, 3.8) is 0 Å². The number of rotatable bonds is 4. The molecule has 0 bridgehead atoms. The first-order valence-electron chi connectivity index (χ1n) is 7.10. The van der Waals surface area contributed by atoms with Crippen LogP contribution in [-0.2, 0) is 4.79 Å². The van der Waals surface area contributed by atoms with Crippen molar-refractivity contribution < 1.29 is 22.7 Å². The quantitative estimate of drug-likeness (QED) is 0.822. The second-order valence-electron chi connectivity index (χ2n) is 4.87. The van der Waals surface area contributed by atoms with Gasteiger partial charge in [-0.05, 0) is 48.2 Å². The van der Waals surface area contributed by atoms with Crippen LogP contribution in [-0.4, -0.2) is 17.7 Å². The molecule has 8 heteroatoms. The highest BCUT2D eigenvalue weighted by Crippen LogP contribution is 2.31. The van der Waals surface area contributed by atoms with E-state index in [1.807, 2.05) is 0 Å². The highest BCUT2D eigenvalue weighted by atomic mass is 32.2. The fourth-order valence-corrected chi connectivity index (χ4v) is 2.89. The number of hydrogen-bond donors (Lipinski definition) is 1. The molecular weight excluding hydrogens is 353 g/mol. The maximum atomic E-state index is 12.9. The van der Waals surface area contributed by atoms with Crippen LogP contribution in [0.25, 0.3) is 6.08 Å². The van der Waals surface area contributed by atoms with Gasteiger partial charge >= 0.3 is 6.61 Å². The number of amides is 1. The molecular formula is C17H11F3N2O2S. The molecule has 0 spiro atoms. The molecule has 1 heterocycles. The van der Waals surface area contributed by atoms with Crippen LogP contribution >= 0.6 is 11.8 Å². The minimum absolute atomic E-state index is 0.0256. The largest absolute Gasteiger partial charge is 0.434 e. The van der Waals surface area contributed by atoms with E-state index in [0.29, 0.717) is 16.4 Å². The Morgan fingerprint density at radius 1 is 1.12 bits per heavy atom. The van der Waals surface area contributed by atoms with Gasteiger partial charge in [0, 0.05) is 5.56 Å². The van der Waals surface area contributed by atoms with Crippen LogP contribution in [0.1, 0.15) is 5.56 Å². The Hall–Kier alpha value is -2.74. The van der Waals surface area contributed by atoms with Crippen LogP contribution in [0, 0.1) is 5.82 Å². The molecule has 1 aliphatic heterocycles. The Balaban J connectivity index is 1.83. The van der Waals surface area contributed by atoms with Gasteiger partial charge in [0.15, 0.2) is 5.17 Å². The summed E-state index contributed by atoms with van der Waals surface area (Å²) in [6.07, 6.45) is 1.45. The van der Waals surface area contributed by atoms with E-state index in [0.717, 1.165) is 11.8 Å². The van der Waals surface area contributed by atoms with Crippen LogP contribution in [0.15, 0.2) is 58.4 Å². The molecule has 0 saturated carbocycles. The van der Waals surface area contributed by atoms with Crippen LogP contribution in [0.2, 0.25) is 0 Å². The van der Waals surface area contributed by atoms with E-state index < -0.39 is 12.5 Å². The third-order valence-electron chi connectivity index (χ3n) is 3.13. The smallest absolute Gasteiger partial charge is 0.387 e. The lowest BCUT2D eigenvalue weighted by Crippen LogP contribution is -2.19. The summed E-state index contributed by atoms with van der Waals surface area (Å²) in [5, 5.41) is 2.89. The number of nitrogens with one attached hydrogen (secondary N) is 1. The van der Waals surface area contributed by atoms with Gasteiger partial charge in [0.1, 0.15) is 11.6 Å². The summed E-state index contributed by atoms with van der Waals surface area (Å²) in [5.74, 6) is -0.816. The molecule has 0 aliphatic carbocycles. The highest BCUT2D eigenvalue weighted by molar-refractivity contribution is 8.18. The molecule has 1 N–H and O–H groups in total. The lowest BCUT2D eigenvalue weighted by molar-refractivity contribution is -0.115. The zero-order valence-corrected chi connectivity index (χ0v) is 13.4. The number of alkyl halides is 2. The molecule has 4 nitrogen and oxygen atoms in total. The Morgan fingerprint density at radius 3 is 2.56 bits per heavy atom. The van der Waals surface area contributed by atoms with Crippen molar-refractivity contribution in [2.75, 3.05) is 0 Å². The summed E-state index contributed by atoms with van der Waals surface area (Å²) >= 11 is 1.05. The zero-order valence-electron chi connectivity index (χ0n) is 12.6. The average Bonchev–Trinajstić information content (AvgIpc) is 2.90. The molecule has 0 atom stereocenters. The topological polar surface area (TPSA) is 50.7 Å². The van der Waals surface area contributed by atoms with Gasteiger partial charge in [0.25, 0.3) is 5.91 Å². The van der Waals surface area contributed by atoms with Gasteiger partial charge in [0.2, 0.25) is 0 Å². The van der Waals surface area contributed by atoms with E-state index in [-0.39, 0.29) is 16.5 Å². The van der Waals surface area contributed by atoms with Crippen LogP contribution in [0.4, 0.5) is 18.9 Å². The number of aliphatic imine (C=N–C) groups is 1. The lowest BCUT2D eigenvalue weighted by Gasteiger charge is -2.07. The standard InChI is InChI=1S/C17H11F3N2O2S/c18-11-5-7-12(8-6-11)21-17-22-15(23)14(25-17)9-10-3-1-2-4-13(10)24-16(19)20/h1-9,16H,(H,21,22,23)/b14-9-. The number of ether oxygens (including phenoxy) is 1. The molecule has 1 fully saturated rings. The Bertz CT molecular complexity index is 851. The van der Waals surface area contributed by atoms with E-state index in [4.69, 9.17) is 0 Å². The Kier molecular flexibility index (Phi) is 5.08. The highest BCUT2D eigenvalue weighted by Gasteiger charge is 2.24. The number of para-hydroxylation sites is 1. The fourth-order valence-electron chi connectivity index (χ4n) is 2.06. The number of hydrogen-bond acceptors (Lipinski definition) is 4. The number of carbonyl (C=O) groups is 1. The monoisotopic (exact) mass is 364 g/mol. The SMILES string of the molecule is O=C1NC(=Nc2ccc(F)cc2)S/C1=C\c1ccccc1OC(F)F. The van der Waals surface area contributed by atoms with E-state index >= 15 is 0 Å². The molecule has 1 aliphatic rings. The molecule has 128 valence electrons. The Labute approximate surface area is 145 Å². The van der Waals surface area contributed by atoms with Crippen LogP contribution in [0.5, 0.6) is 5.75 Å². The molecule has 1 amide bonds. The third-order valence-corrected chi connectivity index (χ3v) is 4.04. The van der Waals surface area contributed by atoms with Crippen molar-refractivity contribution >= 4 is 34.6 Å². The number of amidine groups is 1. The molecule has 2 aromatic carbocycles. The maximum absolute atomic E-state index is 12.9. The minimum atomic E-state index is -2.96. The summed E-state index contributed by atoms with van der Waals surface area (Å²) in [6, 6.07) is 11.6. The predicted molar refractivity (Wildman–Crippen MR) is 90.3 cm³/mol. The predicted octanol–water partition coefficient (Wildman–Crippen LogP) is 4.32. The van der Waals surface area contributed by atoms with Crippen LogP contribution < -0.4 is 10.1 Å². The average molecular weight is 364 g/mol. The zero-order chi connectivity index (χ0) is 17.8. The van der Waals surface area contributed by atoms with Crippen molar-refractivity contribution in [2.45, 2.75) is 6.61 Å². The number of thioether (sulfide) groups is 1. The first kappa shape index (κ1) is 17.1. The molecule has 0 radical (unpaired) electrons. The van der Waals surface area contributed by atoms with Crippen molar-refractivity contribution in [1.29, 1.82) is 0 Å². The number of nitrogens with zero attached hydrogens (tertiary/aromatic N) is 1. The van der Waals surface area contributed by atoms with Crippen molar-refractivity contribution in [3.8, 4) is 5.75 Å². The van der Waals surface area contributed by atoms with Gasteiger partial charge in [-0.1, -0.05) is 18.2 Å². The maximum Gasteiger partial charge on any atom is 0.387 e. The molecule has 3 rings (SSSR count). The summed E-state index contributed by atoms with van der Waals surface area (Å²) in [6.45, 7) is -2.96. The molecule has 0 aromatic heterocycles. The second-order valence-corrected chi connectivity index (χ2v) is 5.91. The number of carbonyl (C=O) groups excluding carboxylic acids is 1. The van der Waals surface area contributed by atoms with Crippen LogP contribution in [0.3, 0.4) is 0 Å². The van der Waals surface area contributed by atoms with Gasteiger partial charge in [-0.2, -0.15) is 8.78 Å². The van der Waals surface area contributed by atoms with Gasteiger partial charge in [-0.15, -0.1) is 0 Å². The van der Waals surface area contributed by atoms with E-state index in [1.165, 1.54) is 36.4 Å². The normalized spacial score (nSPS) is 17.4. The van der Waals surface area contributed by atoms with E-state index in [1.54, 1.807) is 18.2 Å². The van der Waals surface area contributed by atoms with Gasteiger partial charge in [0.05, 0.1) is 10.6 Å². The summed E-state index contributed by atoms with van der Waals surface area (Å²) in [5.41, 5.74) is 0.829.